The molecule has 1 aliphatic rings. The summed E-state index contributed by atoms with van der Waals surface area (Å²) in [5.74, 6) is 0. The summed E-state index contributed by atoms with van der Waals surface area (Å²) >= 11 is 0. The summed E-state index contributed by atoms with van der Waals surface area (Å²) in [4.78, 5) is 2.07. The molecule has 1 aliphatic heterocycles. The number of rotatable bonds is 3. The number of aliphatic hydroxyl groups excluding tert-OH is 1. The highest BCUT2D eigenvalue weighted by Gasteiger charge is 2.21. The number of aliphatic hydroxyl groups is 1. The van der Waals surface area contributed by atoms with Crippen molar-refractivity contribution in [2.24, 2.45) is 0 Å². The van der Waals surface area contributed by atoms with E-state index in [1.807, 2.05) is 26.2 Å². The van der Waals surface area contributed by atoms with Crippen LogP contribution in [0.15, 0.2) is 24.3 Å². The highest BCUT2D eigenvalue weighted by atomic mass is 16.3. The Labute approximate surface area is 110 Å². The van der Waals surface area contributed by atoms with Gasteiger partial charge in [-0.25, -0.2) is 0 Å². The van der Waals surface area contributed by atoms with E-state index >= 15 is 0 Å². The predicted octanol–water partition coefficient (Wildman–Crippen LogP) is 2.32. The molecule has 3 nitrogen and oxygen atoms in total. The van der Waals surface area contributed by atoms with Crippen LogP contribution in [0.5, 0.6) is 0 Å². The molecule has 3 heteroatoms. The molecule has 0 radical (unpaired) electrons. The van der Waals surface area contributed by atoms with E-state index in [4.69, 9.17) is 0 Å². The number of anilines is 1. The summed E-state index contributed by atoms with van der Waals surface area (Å²) in [7, 11) is 4.05. The normalized spacial score (nSPS) is 22.3. The van der Waals surface area contributed by atoms with Gasteiger partial charge in [0, 0.05) is 25.8 Å². The molecule has 0 saturated carbocycles. The molecular formula is C15H24N2O. The first-order valence-corrected chi connectivity index (χ1v) is 6.87. The molecule has 0 spiro atoms. The topological polar surface area (TPSA) is 35.5 Å². The number of nitrogens with zero attached hydrogens (tertiary/aromatic N) is 1. The minimum Gasteiger partial charge on any atom is -0.387 e. The van der Waals surface area contributed by atoms with Crippen molar-refractivity contribution in [3.05, 3.63) is 29.8 Å². The van der Waals surface area contributed by atoms with Crippen molar-refractivity contribution in [2.45, 2.75) is 37.8 Å². The molecule has 2 N–H and O–H groups in total. The molecule has 1 aromatic rings. The Morgan fingerprint density at radius 2 is 1.89 bits per heavy atom. The Balaban J connectivity index is 2.05. The van der Waals surface area contributed by atoms with Gasteiger partial charge in [-0.3, -0.25) is 0 Å². The van der Waals surface area contributed by atoms with E-state index in [2.05, 4.69) is 22.3 Å². The van der Waals surface area contributed by atoms with Gasteiger partial charge in [-0.1, -0.05) is 25.0 Å². The Kier molecular flexibility index (Phi) is 4.61. The van der Waals surface area contributed by atoms with Crippen molar-refractivity contribution >= 4 is 5.69 Å². The molecule has 2 rings (SSSR count). The van der Waals surface area contributed by atoms with Crippen molar-refractivity contribution in [1.29, 1.82) is 0 Å². The summed E-state index contributed by atoms with van der Waals surface area (Å²) in [5, 5.41) is 13.9. The summed E-state index contributed by atoms with van der Waals surface area (Å²) in [6.45, 7) is 1.03. The van der Waals surface area contributed by atoms with E-state index < -0.39 is 0 Å². The van der Waals surface area contributed by atoms with Crippen molar-refractivity contribution in [1.82, 2.24) is 5.32 Å². The van der Waals surface area contributed by atoms with Crippen LogP contribution in [0, 0.1) is 0 Å². The Morgan fingerprint density at radius 1 is 1.17 bits per heavy atom. The van der Waals surface area contributed by atoms with E-state index in [1.165, 1.54) is 24.9 Å². The van der Waals surface area contributed by atoms with Gasteiger partial charge in [0.05, 0.1) is 6.10 Å². The number of hydrogen-bond acceptors (Lipinski definition) is 3. The van der Waals surface area contributed by atoms with Gasteiger partial charge < -0.3 is 15.3 Å². The number of benzene rings is 1. The smallest absolute Gasteiger partial charge is 0.0942 e. The summed E-state index contributed by atoms with van der Waals surface area (Å²) in [6.07, 6.45) is 4.39. The SMILES string of the molecule is CN(C)c1ccc(C(O)C2CCCCCN2)cc1. The second-order valence-electron chi connectivity index (χ2n) is 5.34. The second kappa shape index (κ2) is 6.21. The summed E-state index contributed by atoms with van der Waals surface area (Å²) in [6, 6.07) is 8.40. The quantitative estimate of drug-likeness (QED) is 0.861. The zero-order chi connectivity index (χ0) is 13.0. The van der Waals surface area contributed by atoms with E-state index in [-0.39, 0.29) is 12.1 Å². The van der Waals surface area contributed by atoms with Crippen molar-refractivity contribution in [3.8, 4) is 0 Å². The fourth-order valence-corrected chi connectivity index (χ4v) is 2.53. The third-order valence-corrected chi connectivity index (χ3v) is 3.73. The maximum atomic E-state index is 10.4. The molecule has 2 unspecified atom stereocenters. The lowest BCUT2D eigenvalue weighted by molar-refractivity contribution is 0.126. The van der Waals surface area contributed by atoms with Gasteiger partial charge in [0.15, 0.2) is 0 Å². The Bertz CT molecular complexity index is 353. The fourth-order valence-electron chi connectivity index (χ4n) is 2.53. The van der Waals surface area contributed by atoms with Gasteiger partial charge in [-0.15, -0.1) is 0 Å². The lowest BCUT2D eigenvalue weighted by atomic mass is 9.98. The molecular weight excluding hydrogens is 224 g/mol. The van der Waals surface area contributed by atoms with E-state index in [0.29, 0.717) is 0 Å². The minimum absolute atomic E-state index is 0.206. The minimum atomic E-state index is -0.390. The molecule has 0 aliphatic carbocycles. The average Bonchev–Trinajstić information content (AvgIpc) is 2.67. The molecule has 1 heterocycles. The molecule has 100 valence electrons. The van der Waals surface area contributed by atoms with Crippen LogP contribution in [-0.2, 0) is 0 Å². The first-order valence-electron chi connectivity index (χ1n) is 6.87. The van der Waals surface area contributed by atoms with E-state index in [9.17, 15) is 5.11 Å². The first-order chi connectivity index (χ1) is 8.68. The molecule has 1 fully saturated rings. The van der Waals surface area contributed by atoms with Crippen molar-refractivity contribution < 1.29 is 5.11 Å². The van der Waals surface area contributed by atoms with Crippen molar-refractivity contribution in [3.63, 3.8) is 0 Å². The highest BCUT2D eigenvalue weighted by Crippen LogP contribution is 2.24. The number of hydrogen-bond donors (Lipinski definition) is 2. The van der Waals surface area contributed by atoms with Crippen LogP contribution in [0.25, 0.3) is 0 Å². The molecule has 2 atom stereocenters. The van der Waals surface area contributed by atoms with Crippen LogP contribution in [0.3, 0.4) is 0 Å². The average molecular weight is 248 g/mol. The van der Waals surface area contributed by atoms with Crippen molar-refractivity contribution in [2.75, 3.05) is 25.5 Å². The maximum Gasteiger partial charge on any atom is 0.0942 e. The van der Waals surface area contributed by atoms with Gasteiger partial charge in [-0.2, -0.15) is 0 Å². The molecule has 0 aromatic heterocycles. The monoisotopic (exact) mass is 248 g/mol. The maximum absolute atomic E-state index is 10.4. The van der Waals surface area contributed by atoms with Gasteiger partial charge in [0.2, 0.25) is 0 Å². The Hall–Kier alpha value is -1.06. The van der Waals surface area contributed by atoms with Crippen LogP contribution in [-0.4, -0.2) is 31.8 Å². The van der Waals surface area contributed by atoms with Crippen LogP contribution in [0.2, 0.25) is 0 Å². The molecule has 0 amide bonds. The van der Waals surface area contributed by atoms with Crippen LogP contribution >= 0.6 is 0 Å². The highest BCUT2D eigenvalue weighted by molar-refractivity contribution is 5.46. The molecule has 0 bridgehead atoms. The van der Waals surface area contributed by atoms with Gasteiger partial charge in [-0.05, 0) is 37.1 Å². The van der Waals surface area contributed by atoms with Crippen LogP contribution < -0.4 is 10.2 Å². The van der Waals surface area contributed by atoms with Crippen LogP contribution in [0.1, 0.15) is 37.4 Å². The largest absolute Gasteiger partial charge is 0.387 e. The third kappa shape index (κ3) is 3.24. The molecule has 18 heavy (non-hydrogen) atoms. The third-order valence-electron chi connectivity index (χ3n) is 3.73. The lowest BCUT2D eigenvalue weighted by Gasteiger charge is -2.23. The first kappa shape index (κ1) is 13.4. The van der Waals surface area contributed by atoms with Crippen LogP contribution in [0.4, 0.5) is 5.69 Å². The Morgan fingerprint density at radius 3 is 2.56 bits per heavy atom. The van der Waals surface area contributed by atoms with E-state index in [0.717, 1.165) is 18.5 Å². The number of nitrogens with one attached hydrogen (secondary N) is 1. The summed E-state index contributed by atoms with van der Waals surface area (Å²) in [5.41, 5.74) is 2.18. The lowest BCUT2D eigenvalue weighted by Crippen LogP contribution is -2.34. The fraction of sp³-hybridized carbons (Fsp3) is 0.600. The zero-order valence-electron chi connectivity index (χ0n) is 11.4. The molecule has 1 aromatic carbocycles. The zero-order valence-corrected chi connectivity index (χ0v) is 11.4. The van der Waals surface area contributed by atoms with Gasteiger partial charge in [0.25, 0.3) is 0 Å². The van der Waals surface area contributed by atoms with Gasteiger partial charge >= 0.3 is 0 Å². The predicted molar refractivity (Wildman–Crippen MR) is 76.0 cm³/mol. The standard InChI is InChI=1S/C15H24N2O/c1-17(2)13-9-7-12(8-10-13)15(18)14-6-4-3-5-11-16-14/h7-10,14-16,18H,3-6,11H2,1-2H3. The second-order valence-corrected chi connectivity index (χ2v) is 5.34. The summed E-state index contributed by atoms with van der Waals surface area (Å²) < 4.78 is 0. The molecule has 1 saturated heterocycles. The van der Waals surface area contributed by atoms with E-state index in [1.54, 1.807) is 0 Å². The van der Waals surface area contributed by atoms with Gasteiger partial charge in [0.1, 0.15) is 0 Å².